The van der Waals surface area contributed by atoms with Crippen molar-refractivity contribution in [2.45, 2.75) is 63.9 Å². The first kappa shape index (κ1) is 17.8. The van der Waals surface area contributed by atoms with Crippen LogP contribution in [0.25, 0.3) is 0 Å². The molecule has 1 aromatic rings. The molecule has 128 valence electrons. The molecule has 1 fully saturated rings. The Morgan fingerprint density at radius 1 is 1.17 bits per heavy atom. The molecule has 0 unspecified atom stereocenters. The Morgan fingerprint density at radius 3 is 2.48 bits per heavy atom. The molecule has 0 bridgehead atoms. The van der Waals surface area contributed by atoms with E-state index in [0.717, 1.165) is 0 Å². The largest absolute Gasteiger partial charge is 0.462 e. The van der Waals surface area contributed by atoms with Gasteiger partial charge in [0.05, 0.1) is 6.67 Å². The van der Waals surface area contributed by atoms with Crippen molar-refractivity contribution in [3.05, 3.63) is 34.9 Å². The maximum atomic E-state index is 14.2. The summed E-state index contributed by atoms with van der Waals surface area (Å²) in [5, 5.41) is 0. The SMILES string of the molecule is CCc1ccc(C2CCC(OC(=O)CCCF)CC2)c(F)c1F. The van der Waals surface area contributed by atoms with Crippen LogP contribution in [0.1, 0.15) is 62.5 Å². The van der Waals surface area contributed by atoms with Gasteiger partial charge < -0.3 is 4.74 Å². The van der Waals surface area contributed by atoms with Gasteiger partial charge >= 0.3 is 5.97 Å². The molecule has 5 heteroatoms. The van der Waals surface area contributed by atoms with E-state index >= 15 is 0 Å². The van der Waals surface area contributed by atoms with Gasteiger partial charge in [-0.1, -0.05) is 19.1 Å². The molecule has 1 saturated carbocycles. The molecule has 0 aliphatic heterocycles. The summed E-state index contributed by atoms with van der Waals surface area (Å²) in [5.74, 6) is -1.91. The maximum Gasteiger partial charge on any atom is 0.306 e. The normalized spacial score (nSPS) is 21.2. The van der Waals surface area contributed by atoms with Crippen LogP contribution in [-0.4, -0.2) is 18.7 Å². The first-order valence-electron chi connectivity index (χ1n) is 8.29. The first-order valence-corrected chi connectivity index (χ1v) is 8.29. The summed E-state index contributed by atoms with van der Waals surface area (Å²) < 4.78 is 45.4. The third-order valence-corrected chi connectivity index (χ3v) is 4.50. The van der Waals surface area contributed by atoms with Gasteiger partial charge in [-0.05, 0) is 55.6 Å². The lowest BCUT2D eigenvalue weighted by Crippen LogP contribution is -2.24. The average Bonchev–Trinajstić information content (AvgIpc) is 2.56. The molecule has 0 amide bonds. The highest BCUT2D eigenvalue weighted by atomic mass is 19.2. The Bertz CT molecular complexity index is 537. The number of esters is 1. The number of carbonyl (C=O) groups excluding carboxylic acids is 1. The van der Waals surface area contributed by atoms with Crippen LogP contribution in [0.15, 0.2) is 12.1 Å². The maximum absolute atomic E-state index is 14.2. The molecule has 23 heavy (non-hydrogen) atoms. The molecule has 1 aromatic carbocycles. The third kappa shape index (κ3) is 4.49. The quantitative estimate of drug-likeness (QED) is 0.698. The fourth-order valence-electron chi connectivity index (χ4n) is 3.14. The lowest BCUT2D eigenvalue weighted by Gasteiger charge is -2.29. The van der Waals surface area contributed by atoms with Crippen molar-refractivity contribution in [3.63, 3.8) is 0 Å². The highest BCUT2D eigenvalue weighted by molar-refractivity contribution is 5.69. The Morgan fingerprint density at radius 2 is 1.87 bits per heavy atom. The second-order valence-corrected chi connectivity index (χ2v) is 6.05. The number of rotatable bonds is 6. The molecule has 1 aliphatic carbocycles. The summed E-state index contributed by atoms with van der Waals surface area (Å²) in [7, 11) is 0. The summed E-state index contributed by atoms with van der Waals surface area (Å²) in [6, 6.07) is 3.33. The van der Waals surface area contributed by atoms with Crippen molar-refractivity contribution in [2.75, 3.05) is 6.67 Å². The molecular weight excluding hydrogens is 305 g/mol. The Kier molecular flexibility index (Phi) is 6.48. The third-order valence-electron chi connectivity index (χ3n) is 4.50. The number of carbonyl (C=O) groups is 1. The molecule has 0 N–H and O–H groups in total. The van der Waals surface area contributed by atoms with Crippen molar-refractivity contribution in [1.82, 2.24) is 0 Å². The topological polar surface area (TPSA) is 26.3 Å². The minimum atomic E-state index is -0.746. The van der Waals surface area contributed by atoms with Crippen molar-refractivity contribution in [3.8, 4) is 0 Å². The smallest absolute Gasteiger partial charge is 0.306 e. The van der Waals surface area contributed by atoms with E-state index in [9.17, 15) is 18.0 Å². The van der Waals surface area contributed by atoms with Crippen LogP contribution in [0, 0.1) is 11.6 Å². The van der Waals surface area contributed by atoms with Gasteiger partial charge in [-0.2, -0.15) is 0 Å². The number of ether oxygens (including phenoxy) is 1. The van der Waals surface area contributed by atoms with E-state index in [1.165, 1.54) is 0 Å². The van der Waals surface area contributed by atoms with Crippen LogP contribution >= 0.6 is 0 Å². The van der Waals surface area contributed by atoms with Crippen LogP contribution in [-0.2, 0) is 16.0 Å². The lowest BCUT2D eigenvalue weighted by atomic mass is 9.82. The van der Waals surface area contributed by atoms with E-state index in [1.807, 2.05) is 0 Å². The standard InChI is InChI=1S/C18H23F3O2/c1-2-12-7-10-15(18(21)17(12)20)13-5-8-14(9-6-13)23-16(22)4-3-11-19/h7,10,13-14H,2-6,8-9,11H2,1H3. The predicted molar refractivity (Wildman–Crippen MR) is 82.0 cm³/mol. The van der Waals surface area contributed by atoms with E-state index in [1.54, 1.807) is 19.1 Å². The number of alkyl halides is 1. The van der Waals surface area contributed by atoms with Gasteiger partial charge in [0, 0.05) is 6.42 Å². The molecule has 0 saturated heterocycles. The highest BCUT2D eigenvalue weighted by Gasteiger charge is 2.27. The lowest BCUT2D eigenvalue weighted by molar-refractivity contribution is -0.150. The summed E-state index contributed by atoms with van der Waals surface area (Å²) in [6.07, 6.45) is 3.11. The molecule has 0 radical (unpaired) electrons. The predicted octanol–water partition coefficient (Wildman–Crippen LogP) is 4.85. The van der Waals surface area contributed by atoms with Crippen LogP contribution in [0.2, 0.25) is 0 Å². The van der Waals surface area contributed by atoms with Gasteiger partial charge in [0.2, 0.25) is 0 Å². The van der Waals surface area contributed by atoms with Gasteiger partial charge in [-0.3, -0.25) is 9.18 Å². The van der Waals surface area contributed by atoms with E-state index in [4.69, 9.17) is 4.74 Å². The molecule has 1 aliphatic rings. The number of aryl methyl sites for hydroxylation is 1. The van der Waals surface area contributed by atoms with Gasteiger partial charge in [0.1, 0.15) is 6.10 Å². The second kappa shape index (κ2) is 8.37. The van der Waals surface area contributed by atoms with Crippen molar-refractivity contribution >= 4 is 5.97 Å². The number of halogens is 3. The highest BCUT2D eigenvalue weighted by Crippen LogP contribution is 2.36. The average molecular weight is 328 g/mol. The molecular formula is C18H23F3O2. The minimum Gasteiger partial charge on any atom is -0.462 e. The number of hydrogen-bond acceptors (Lipinski definition) is 2. The first-order chi connectivity index (χ1) is 11.1. The molecule has 0 spiro atoms. The Labute approximate surface area is 135 Å². The summed E-state index contributed by atoms with van der Waals surface area (Å²) in [6.45, 7) is 1.26. The molecule has 0 atom stereocenters. The van der Waals surface area contributed by atoms with Gasteiger partial charge in [0.25, 0.3) is 0 Å². The monoisotopic (exact) mass is 328 g/mol. The molecule has 2 rings (SSSR count). The van der Waals surface area contributed by atoms with Crippen LogP contribution in [0.5, 0.6) is 0 Å². The zero-order chi connectivity index (χ0) is 16.8. The second-order valence-electron chi connectivity index (χ2n) is 6.05. The van der Waals surface area contributed by atoms with Crippen molar-refractivity contribution < 1.29 is 22.7 Å². The summed E-state index contributed by atoms with van der Waals surface area (Å²) in [4.78, 5) is 11.5. The van der Waals surface area contributed by atoms with Gasteiger partial charge in [-0.25, -0.2) is 8.78 Å². The zero-order valence-corrected chi connectivity index (χ0v) is 13.4. The summed E-state index contributed by atoms with van der Waals surface area (Å²) in [5.41, 5.74) is 0.809. The van der Waals surface area contributed by atoms with Crippen molar-refractivity contribution in [2.24, 2.45) is 0 Å². The van der Waals surface area contributed by atoms with Crippen molar-refractivity contribution in [1.29, 1.82) is 0 Å². The van der Waals surface area contributed by atoms with Crippen LogP contribution in [0.3, 0.4) is 0 Å². The Balaban J connectivity index is 1.92. The fraction of sp³-hybridized carbons (Fsp3) is 0.611. The molecule has 0 aromatic heterocycles. The van der Waals surface area contributed by atoms with E-state index in [-0.39, 0.29) is 30.8 Å². The van der Waals surface area contributed by atoms with Crippen LogP contribution < -0.4 is 0 Å². The van der Waals surface area contributed by atoms with Gasteiger partial charge in [0.15, 0.2) is 11.6 Å². The number of hydrogen-bond donors (Lipinski definition) is 0. The van der Waals surface area contributed by atoms with E-state index in [0.29, 0.717) is 43.2 Å². The Hall–Kier alpha value is -1.52. The summed E-state index contributed by atoms with van der Waals surface area (Å²) >= 11 is 0. The zero-order valence-electron chi connectivity index (χ0n) is 13.4. The molecule has 2 nitrogen and oxygen atoms in total. The fourth-order valence-corrected chi connectivity index (χ4v) is 3.14. The number of benzene rings is 1. The van der Waals surface area contributed by atoms with Crippen LogP contribution in [0.4, 0.5) is 13.2 Å². The minimum absolute atomic E-state index is 0.0452. The van der Waals surface area contributed by atoms with E-state index < -0.39 is 18.3 Å². The van der Waals surface area contributed by atoms with Gasteiger partial charge in [-0.15, -0.1) is 0 Å². The van der Waals surface area contributed by atoms with E-state index in [2.05, 4.69) is 0 Å². The molecule has 0 heterocycles.